The second-order valence-electron chi connectivity index (χ2n) is 6.51. The van der Waals surface area contributed by atoms with Crippen LogP contribution >= 0.6 is 0 Å². The number of rotatable bonds is 4. The fourth-order valence-electron chi connectivity index (χ4n) is 3.01. The maximum Gasteiger partial charge on any atom is 0.0645 e. The van der Waals surface area contributed by atoms with Crippen LogP contribution in [0.5, 0.6) is 0 Å². The molecule has 20 heavy (non-hydrogen) atoms. The van der Waals surface area contributed by atoms with Gasteiger partial charge in [-0.25, -0.2) is 0 Å². The monoisotopic (exact) mass is 276 g/mol. The summed E-state index contributed by atoms with van der Waals surface area (Å²) < 4.78 is 5.61. The van der Waals surface area contributed by atoms with Crippen LogP contribution in [0.3, 0.4) is 0 Å². The molecular weight excluding hydrogens is 248 g/mol. The SMILES string of the molecule is CNC(CN1CCOCC1(C)C)c1ccc(C)cc1C. The van der Waals surface area contributed by atoms with Gasteiger partial charge in [0.25, 0.3) is 0 Å². The van der Waals surface area contributed by atoms with E-state index in [4.69, 9.17) is 4.74 Å². The van der Waals surface area contributed by atoms with Crippen LogP contribution in [-0.4, -0.2) is 43.8 Å². The molecule has 0 aromatic heterocycles. The van der Waals surface area contributed by atoms with Gasteiger partial charge >= 0.3 is 0 Å². The number of hydrogen-bond donors (Lipinski definition) is 1. The minimum atomic E-state index is 0.117. The molecule has 2 rings (SSSR count). The van der Waals surface area contributed by atoms with Crippen molar-refractivity contribution < 1.29 is 4.74 Å². The van der Waals surface area contributed by atoms with Crippen molar-refractivity contribution in [1.82, 2.24) is 10.2 Å². The highest BCUT2D eigenvalue weighted by Gasteiger charge is 2.32. The molecule has 1 saturated heterocycles. The Kier molecular flexibility index (Phi) is 4.84. The maximum absolute atomic E-state index is 5.61. The molecule has 1 aromatic rings. The molecule has 1 aliphatic heterocycles. The smallest absolute Gasteiger partial charge is 0.0645 e. The normalized spacial score (nSPS) is 20.9. The number of hydrogen-bond acceptors (Lipinski definition) is 3. The molecule has 3 nitrogen and oxygen atoms in total. The molecule has 1 N–H and O–H groups in total. The van der Waals surface area contributed by atoms with Crippen LogP contribution in [0.15, 0.2) is 18.2 Å². The number of likely N-dealkylation sites (N-methyl/N-ethyl adjacent to an activating group) is 1. The van der Waals surface area contributed by atoms with Gasteiger partial charge in [0, 0.05) is 24.7 Å². The minimum absolute atomic E-state index is 0.117. The van der Waals surface area contributed by atoms with Crippen LogP contribution in [0.1, 0.15) is 36.6 Å². The predicted molar refractivity (Wildman–Crippen MR) is 84.2 cm³/mol. The van der Waals surface area contributed by atoms with Crippen molar-refractivity contribution in [3.05, 3.63) is 34.9 Å². The lowest BCUT2D eigenvalue weighted by molar-refractivity contribution is -0.0543. The van der Waals surface area contributed by atoms with Crippen LogP contribution in [-0.2, 0) is 4.74 Å². The highest BCUT2D eigenvalue weighted by Crippen LogP contribution is 2.25. The second kappa shape index (κ2) is 6.25. The van der Waals surface area contributed by atoms with E-state index in [-0.39, 0.29) is 5.54 Å². The van der Waals surface area contributed by atoms with E-state index in [1.165, 1.54) is 16.7 Å². The highest BCUT2D eigenvalue weighted by molar-refractivity contribution is 5.33. The number of nitrogens with zero attached hydrogens (tertiary/aromatic N) is 1. The van der Waals surface area contributed by atoms with Crippen LogP contribution in [0.25, 0.3) is 0 Å². The van der Waals surface area contributed by atoms with Crippen LogP contribution in [0.2, 0.25) is 0 Å². The molecule has 0 bridgehead atoms. The van der Waals surface area contributed by atoms with Crippen molar-refractivity contribution in [3.63, 3.8) is 0 Å². The van der Waals surface area contributed by atoms with E-state index in [1.54, 1.807) is 0 Å². The Morgan fingerprint density at radius 1 is 1.35 bits per heavy atom. The van der Waals surface area contributed by atoms with E-state index in [1.807, 2.05) is 0 Å². The molecule has 112 valence electrons. The van der Waals surface area contributed by atoms with Gasteiger partial charge in [0.15, 0.2) is 0 Å². The first-order valence-electron chi connectivity index (χ1n) is 7.51. The third kappa shape index (κ3) is 3.40. The Bertz CT molecular complexity index is 456. The average molecular weight is 276 g/mol. The number of morpholine rings is 1. The van der Waals surface area contributed by atoms with Gasteiger partial charge in [-0.3, -0.25) is 4.90 Å². The summed E-state index contributed by atoms with van der Waals surface area (Å²) in [7, 11) is 2.05. The zero-order chi connectivity index (χ0) is 14.8. The van der Waals surface area contributed by atoms with E-state index < -0.39 is 0 Å². The first kappa shape index (κ1) is 15.5. The van der Waals surface area contributed by atoms with Gasteiger partial charge in [0.05, 0.1) is 13.2 Å². The van der Waals surface area contributed by atoms with Crippen molar-refractivity contribution in [1.29, 1.82) is 0 Å². The van der Waals surface area contributed by atoms with Gasteiger partial charge < -0.3 is 10.1 Å². The summed E-state index contributed by atoms with van der Waals surface area (Å²) in [6.45, 7) is 12.6. The lowest BCUT2D eigenvalue weighted by atomic mass is 9.96. The number of aryl methyl sites for hydroxylation is 2. The molecule has 1 fully saturated rings. The molecule has 0 aliphatic carbocycles. The molecule has 0 spiro atoms. The van der Waals surface area contributed by atoms with Crippen molar-refractivity contribution in [3.8, 4) is 0 Å². The molecular formula is C17H28N2O. The number of benzene rings is 1. The Hall–Kier alpha value is -0.900. The Balaban J connectivity index is 2.16. The fraction of sp³-hybridized carbons (Fsp3) is 0.647. The van der Waals surface area contributed by atoms with Gasteiger partial charge in [-0.2, -0.15) is 0 Å². The van der Waals surface area contributed by atoms with Crippen molar-refractivity contribution in [2.24, 2.45) is 0 Å². The molecule has 3 heteroatoms. The van der Waals surface area contributed by atoms with E-state index in [0.29, 0.717) is 6.04 Å². The summed E-state index contributed by atoms with van der Waals surface area (Å²) >= 11 is 0. The van der Waals surface area contributed by atoms with Gasteiger partial charge in [0.1, 0.15) is 0 Å². The second-order valence-corrected chi connectivity index (χ2v) is 6.51. The third-order valence-electron chi connectivity index (χ3n) is 4.37. The van der Waals surface area contributed by atoms with Gasteiger partial charge in [-0.05, 0) is 45.9 Å². The summed E-state index contributed by atoms with van der Waals surface area (Å²) in [5.41, 5.74) is 4.22. The summed E-state index contributed by atoms with van der Waals surface area (Å²) in [5.74, 6) is 0. The minimum Gasteiger partial charge on any atom is -0.378 e. The Morgan fingerprint density at radius 3 is 2.70 bits per heavy atom. The molecule has 1 heterocycles. The Labute approximate surface area is 123 Å². The standard InChI is InChI=1S/C17H28N2O/c1-13-6-7-15(14(2)10-13)16(18-5)11-19-8-9-20-12-17(19,3)4/h6-7,10,16,18H,8-9,11-12H2,1-5H3. The summed E-state index contributed by atoms with van der Waals surface area (Å²) in [6.07, 6.45) is 0. The summed E-state index contributed by atoms with van der Waals surface area (Å²) in [4.78, 5) is 2.54. The van der Waals surface area contributed by atoms with E-state index >= 15 is 0 Å². The first-order valence-corrected chi connectivity index (χ1v) is 7.51. The van der Waals surface area contributed by atoms with E-state index in [0.717, 1.165) is 26.3 Å². The lowest BCUT2D eigenvalue weighted by Crippen LogP contribution is -2.55. The maximum atomic E-state index is 5.61. The zero-order valence-electron chi connectivity index (χ0n) is 13.5. The van der Waals surface area contributed by atoms with Crippen molar-refractivity contribution in [2.45, 2.75) is 39.3 Å². The predicted octanol–water partition coefficient (Wildman–Crippen LogP) is 2.67. The summed E-state index contributed by atoms with van der Waals surface area (Å²) in [6, 6.07) is 7.11. The van der Waals surface area contributed by atoms with Gasteiger partial charge in [0.2, 0.25) is 0 Å². The molecule has 0 radical (unpaired) electrons. The first-order chi connectivity index (χ1) is 9.44. The van der Waals surface area contributed by atoms with Gasteiger partial charge in [-0.15, -0.1) is 0 Å². The highest BCUT2D eigenvalue weighted by atomic mass is 16.5. The zero-order valence-corrected chi connectivity index (χ0v) is 13.5. The van der Waals surface area contributed by atoms with Crippen molar-refractivity contribution in [2.75, 3.05) is 33.4 Å². The molecule has 1 aromatic carbocycles. The van der Waals surface area contributed by atoms with Crippen LogP contribution in [0, 0.1) is 13.8 Å². The van der Waals surface area contributed by atoms with Gasteiger partial charge in [-0.1, -0.05) is 23.8 Å². The molecule has 1 unspecified atom stereocenters. The fourth-order valence-corrected chi connectivity index (χ4v) is 3.01. The van der Waals surface area contributed by atoms with Crippen LogP contribution < -0.4 is 5.32 Å². The molecule has 0 saturated carbocycles. The molecule has 0 amide bonds. The van der Waals surface area contributed by atoms with E-state index in [2.05, 4.69) is 63.2 Å². The number of nitrogens with one attached hydrogen (secondary N) is 1. The average Bonchev–Trinajstić information content (AvgIpc) is 2.38. The largest absolute Gasteiger partial charge is 0.378 e. The topological polar surface area (TPSA) is 24.5 Å². The van der Waals surface area contributed by atoms with Crippen molar-refractivity contribution >= 4 is 0 Å². The molecule has 1 atom stereocenters. The summed E-state index contributed by atoms with van der Waals surface area (Å²) in [5, 5.41) is 3.48. The van der Waals surface area contributed by atoms with E-state index in [9.17, 15) is 0 Å². The lowest BCUT2D eigenvalue weighted by Gasteiger charge is -2.43. The third-order valence-corrected chi connectivity index (χ3v) is 4.37. The molecule has 1 aliphatic rings. The Morgan fingerprint density at radius 2 is 2.10 bits per heavy atom. The quantitative estimate of drug-likeness (QED) is 0.915. The number of ether oxygens (including phenoxy) is 1. The van der Waals surface area contributed by atoms with Crippen LogP contribution in [0.4, 0.5) is 0 Å².